The number of halogens is 3. The minimum atomic E-state index is -0.957. The van der Waals surface area contributed by atoms with Crippen molar-refractivity contribution in [3.05, 3.63) is 46.2 Å². The number of anilines is 1. The van der Waals surface area contributed by atoms with Gasteiger partial charge in [0.05, 0.1) is 5.69 Å². The molecule has 0 atom stereocenters. The van der Waals surface area contributed by atoms with Gasteiger partial charge in [-0.15, -0.1) is 11.3 Å². The summed E-state index contributed by atoms with van der Waals surface area (Å²) in [5, 5.41) is 2.01. The first-order chi connectivity index (χ1) is 8.06. The van der Waals surface area contributed by atoms with Crippen molar-refractivity contribution in [3.63, 3.8) is 0 Å². The van der Waals surface area contributed by atoms with Crippen LogP contribution < -0.4 is 5.73 Å². The Morgan fingerprint density at radius 3 is 2.29 bits per heavy atom. The van der Waals surface area contributed by atoms with Gasteiger partial charge in [-0.25, -0.2) is 18.2 Å². The second-order valence-electron chi connectivity index (χ2n) is 3.23. The van der Waals surface area contributed by atoms with E-state index in [2.05, 4.69) is 4.98 Å². The zero-order valence-corrected chi connectivity index (χ0v) is 9.27. The van der Waals surface area contributed by atoms with Gasteiger partial charge in [-0.1, -0.05) is 0 Å². The van der Waals surface area contributed by atoms with Crippen LogP contribution in [0.3, 0.4) is 0 Å². The van der Waals surface area contributed by atoms with Crippen LogP contribution in [-0.2, 0) is 0 Å². The van der Waals surface area contributed by atoms with Crippen molar-refractivity contribution in [1.82, 2.24) is 4.98 Å². The summed E-state index contributed by atoms with van der Waals surface area (Å²) in [6.45, 7) is 0. The van der Waals surface area contributed by atoms with Gasteiger partial charge in [0.25, 0.3) is 0 Å². The Labute approximate surface area is 99.2 Å². The van der Waals surface area contributed by atoms with Crippen LogP contribution in [0.25, 0.3) is 12.2 Å². The molecule has 0 fully saturated rings. The third-order valence-electron chi connectivity index (χ3n) is 2.00. The second kappa shape index (κ2) is 4.58. The van der Waals surface area contributed by atoms with Gasteiger partial charge in [-0.3, -0.25) is 0 Å². The Morgan fingerprint density at radius 2 is 1.76 bits per heavy atom. The van der Waals surface area contributed by atoms with Crippen LogP contribution in [0.15, 0.2) is 17.5 Å². The number of thiazole rings is 1. The van der Waals surface area contributed by atoms with Crippen molar-refractivity contribution >= 4 is 28.6 Å². The van der Waals surface area contributed by atoms with Crippen LogP contribution in [0.1, 0.15) is 11.3 Å². The molecule has 0 aliphatic heterocycles. The molecule has 0 spiro atoms. The molecule has 0 bridgehead atoms. The van der Waals surface area contributed by atoms with E-state index in [-0.39, 0.29) is 5.56 Å². The lowest BCUT2D eigenvalue weighted by Crippen LogP contribution is -1.91. The fourth-order valence-electron chi connectivity index (χ4n) is 1.26. The smallest absolute Gasteiger partial charge is 0.180 e. The highest BCUT2D eigenvalue weighted by molar-refractivity contribution is 7.13. The van der Waals surface area contributed by atoms with E-state index in [9.17, 15) is 13.2 Å². The summed E-state index contributed by atoms with van der Waals surface area (Å²) in [6.07, 6.45) is 2.60. The van der Waals surface area contributed by atoms with E-state index in [0.29, 0.717) is 23.0 Å². The molecule has 2 rings (SSSR count). The normalized spacial score (nSPS) is 11.2. The first kappa shape index (κ1) is 11.7. The largest absolute Gasteiger partial charge is 0.375 e. The predicted molar refractivity (Wildman–Crippen MR) is 61.8 cm³/mol. The average molecular weight is 256 g/mol. The van der Waals surface area contributed by atoms with Gasteiger partial charge in [-0.2, -0.15) is 0 Å². The summed E-state index contributed by atoms with van der Waals surface area (Å²) in [5.74, 6) is -2.86. The first-order valence-electron chi connectivity index (χ1n) is 4.60. The van der Waals surface area contributed by atoms with Crippen molar-refractivity contribution < 1.29 is 13.2 Å². The molecule has 1 aromatic carbocycles. The van der Waals surface area contributed by atoms with E-state index in [4.69, 9.17) is 5.73 Å². The summed E-state index contributed by atoms with van der Waals surface area (Å²) in [4.78, 5) is 3.89. The molecule has 2 nitrogen and oxygen atoms in total. The van der Waals surface area contributed by atoms with E-state index in [0.717, 1.165) is 0 Å². The molecule has 0 aliphatic carbocycles. The molecule has 2 N–H and O–H groups in total. The molecule has 0 saturated heterocycles. The Bertz CT molecular complexity index is 555. The van der Waals surface area contributed by atoms with Crippen LogP contribution in [0, 0.1) is 17.5 Å². The zero-order valence-electron chi connectivity index (χ0n) is 8.45. The molecule has 2 aromatic rings. The summed E-state index contributed by atoms with van der Waals surface area (Å²) in [6, 6.07) is 1.25. The van der Waals surface area contributed by atoms with Crippen molar-refractivity contribution in [2.75, 3.05) is 5.73 Å². The Kier molecular flexibility index (Phi) is 3.14. The van der Waals surface area contributed by atoms with Crippen LogP contribution in [0.5, 0.6) is 0 Å². The molecule has 0 unspecified atom stereocenters. The van der Waals surface area contributed by atoms with Gasteiger partial charge in [0.15, 0.2) is 5.13 Å². The molecule has 88 valence electrons. The average Bonchev–Trinajstić information content (AvgIpc) is 2.62. The SMILES string of the molecule is Nc1nc(C=Cc2c(F)cc(F)cc2F)cs1. The Balaban J connectivity index is 2.33. The van der Waals surface area contributed by atoms with Gasteiger partial charge in [0.2, 0.25) is 0 Å². The maximum atomic E-state index is 13.2. The highest BCUT2D eigenvalue weighted by Crippen LogP contribution is 2.19. The lowest BCUT2D eigenvalue weighted by molar-refractivity contribution is 0.540. The Morgan fingerprint density at radius 1 is 1.12 bits per heavy atom. The fraction of sp³-hybridized carbons (Fsp3) is 0. The number of benzene rings is 1. The Hall–Kier alpha value is -1.82. The maximum absolute atomic E-state index is 13.2. The van der Waals surface area contributed by atoms with Gasteiger partial charge < -0.3 is 5.73 Å². The molecule has 0 saturated carbocycles. The van der Waals surface area contributed by atoms with Crippen molar-refractivity contribution in [2.45, 2.75) is 0 Å². The number of nitrogen functional groups attached to an aromatic ring is 1. The van der Waals surface area contributed by atoms with Crippen LogP contribution in [0.2, 0.25) is 0 Å². The molecule has 1 aromatic heterocycles. The number of rotatable bonds is 2. The number of aromatic nitrogens is 1. The molecule has 6 heteroatoms. The van der Waals surface area contributed by atoms with E-state index in [1.807, 2.05) is 0 Å². The fourth-order valence-corrected chi connectivity index (χ4v) is 1.79. The molecular formula is C11H7F3N2S. The molecule has 1 heterocycles. The van der Waals surface area contributed by atoms with Crippen molar-refractivity contribution in [2.24, 2.45) is 0 Å². The monoisotopic (exact) mass is 256 g/mol. The number of nitrogens with two attached hydrogens (primary N) is 1. The summed E-state index contributed by atoms with van der Waals surface area (Å²) >= 11 is 1.22. The minimum absolute atomic E-state index is 0.307. The molecule has 0 amide bonds. The lowest BCUT2D eigenvalue weighted by atomic mass is 10.1. The minimum Gasteiger partial charge on any atom is -0.375 e. The van der Waals surface area contributed by atoms with Crippen LogP contribution in [0.4, 0.5) is 18.3 Å². The van der Waals surface area contributed by atoms with Gasteiger partial charge in [-0.05, 0) is 12.2 Å². The number of hydrogen-bond acceptors (Lipinski definition) is 3. The van der Waals surface area contributed by atoms with Crippen molar-refractivity contribution in [3.8, 4) is 0 Å². The highest BCUT2D eigenvalue weighted by atomic mass is 32.1. The molecule has 17 heavy (non-hydrogen) atoms. The van der Waals surface area contributed by atoms with Gasteiger partial charge in [0, 0.05) is 23.1 Å². The molecule has 0 aliphatic rings. The van der Waals surface area contributed by atoms with Gasteiger partial charge >= 0.3 is 0 Å². The molecule has 0 radical (unpaired) electrons. The summed E-state index contributed by atoms with van der Waals surface area (Å²) in [7, 11) is 0. The number of hydrogen-bond donors (Lipinski definition) is 1. The maximum Gasteiger partial charge on any atom is 0.180 e. The van der Waals surface area contributed by atoms with E-state index < -0.39 is 17.5 Å². The van der Waals surface area contributed by atoms with E-state index >= 15 is 0 Å². The standard InChI is InChI=1S/C11H7F3N2S/c12-6-3-9(13)8(10(14)4-6)2-1-7-5-17-11(15)16-7/h1-5H,(H2,15,16). The van der Waals surface area contributed by atoms with Crippen molar-refractivity contribution in [1.29, 1.82) is 0 Å². The lowest BCUT2D eigenvalue weighted by Gasteiger charge is -1.99. The highest BCUT2D eigenvalue weighted by Gasteiger charge is 2.08. The topological polar surface area (TPSA) is 38.9 Å². The summed E-state index contributed by atoms with van der Waals surface area (Å²) in [5.41, 5.74) is 5.59. The van der Waals surface area contributed by atoms with Crippen LogP contribution in [-0.4, -0.2) is 4.98 Å². The van der Waals surface area contributed by atoms with E-state index in [1.165, 1.54) is 23.5 Å². The van der Waals surface area contributed by atoms with E-state index in [1.54, 1.807) is 5.38 Å². The zero-order chi connectivity index (χ0) is 12.4. The third kappa shape index (κ3) is 2.65. The first-order valence-corrected chi connectivity index (χ1v) is 5.48. The second-order valence-corrected chi connectivity index (χ2v) is 4.12. The van der Waals surface area contributed by atoms with Gasteiger partial charge in [0.1, 0.15) is 17.5 Å². The summed E-state index contributed by atoms with van der Waals surface area (Å²) < 4.78 is 39.1. The predicted octanol–water partition coefficient (Wildman–Crippen LogP) is 3.31. The molecular weight excluding hydrogens is 249 g/mol. The van der Waals surface area contributed by atoms with Crippen LogP contribution >= 0.6 is 11.3 Å². The quantitative estimate of drug-likeness (QED) is 0.895. The number of nitrogens with zero attached hydrogens (tertiary/aromatic N) is 1. The third-order valence-corrected chi connectivity index (χ3v) is 2.70.